The Balaban J connectivity index is 1.57. The Morgan fingerprint density at radius 3 is 2.60 bits per heavy atom. The molecule has 0 radical (unpaired) electrons. The van der Waals surface area contributed by atoms with E-state index in [0.717, 1.165) is 18.6 Å². The minimum atomic E-state index is 0.539. The summed E-state index contributed by atoms with van der Waals surface area (Å²) < 4.78 is 2.50. The van der Waals surface area contributed by atoms with Crippen LogP contribution in [0, 0.1) is 0 Å². The Kier molecular flexibility index (Phi) is 3.31. The molecule has 1 aromatic heterocycles. The fraction of sp³-hybridized carbons (Fsp3) is 0.812. The highest BCUT2D eigenvalue weighted by molar-refractivity contribution is 5.10. The molecule has 1 N–H and O–H groups in total. The molecule has 3 aliphatic heterocycles. The predicted octanol–water partition coefficient (Wildman–Crippen LogP) is 2.50. The summed E-state index contributed by atoms with van der Waals surface area (Å²) in [5, 5.41) is 3.63. The highest BCUT2D eigenvalue weighted by Gasteiger charge is 2.37. The molecule has 3 aliphatic rings. The quantitative estimate of drug-likeness (QED) is 0.899. The van der Waals surface area contributed by atoms with Gasteiger partial charge >= 0.3 is 0 Å². The number of imidazole rings is 1. The summed E-state index contributed by atoms with van der Waals surface area (Å²) >= 11 is 0. The molecule has 0 saturated carbocycles. The smallest absolute Gasteiger partial charge is 0.0951 e. The van der Waals surface area contributed by atoms with Gasteiger partial charge in [0.1, 0.15) is 0 Å². The van der Waals surface area contributed by atoms with Crippen molar-refractivity contribution >= 4 is 0 Å². The number of nitrogens with zero attached hydrogens (tertiary/aromatic N) is 3. The van der Waals surface area contributed by atoms with Gasteiger partial charge in [0.15, 0.2) is 0 Å². The molecule has 4 rings (SSSR count). The van der Waals surface area contributed by atoms with E-state index in [9.17, 15) is 0 Å². The Morgan fingerprint density at radius 1 is 1.10 bits per heavy atom. The van der Waals surface area contributed by atoms with Gasteiger partial charge in [0.2, 0.25) is 0 Å². The normalized spacial score (nSPS) is 38.2. The van der Waals surface area contributed by atoms with E-state index in [1.54, 1.807) is 0 Å². The van der Waals surface area contributed by atoms with Gasteiger partial charge in [0.05, 0.1) is 12.0 Å². The lowest BCUT2D eigenvalue weighted by Gasteiger charge is -2.47. The van der Waals surface area contributed by atoms with Crippen LogP contribution < -0.4 is 5.32 Å². The number of fused-ring (bicyclic) bond motifs is 2. The van der Waals surface area contributed by atoms with Crippen LogP contribution in [-0.2, 0) is 0 Å². The lowest BCUT2D eigenvalue weighted by Crippen LogP contribution is -2.50. The summed E-state index contributed by atoms with van der Waals surface area (Å²) in [6.07, 6.45) is 13.6. The summed E-state index contributed by atoms with van der Waals surface area (Å²) in [5.41, 5.74) is 1.43. The van der Waals surface area contributed by atoms with E-state index in [1.807, 2.05) is 0 Å². The average molecular weight is 274 g/mol. The van der Waals surface area contributed by atoms with E-state index >= 15 is 0 Å². The van der Waals surface area contributed by atoms with Crippen LogP contribution in [0.25, 0.3) is 0 Å². The Bertz CT molecular complexity index is 449. The summed E-state index contributed by atoms with van der Waals surface area (Å²) in [6, 6.07) is 2.79. The predicted molar refractivity (Wildman–Crippen MR) is 79.7 cm³/mol. The molecule has 4 heteroatoms. The standard InChI is InChI=1S/C16H26N4/c1-19-12-4-2-5-13(19)9-14(8-12)20-11-17-10-16(20)15-6-3-7-18-15/h10-15,18H,2-9H2,1H3. The first-order valence-corrected chi connectivity index (χ1v) is 8.30. The third kappa shape index (κ3) is 2.09. The molecule has 3 unspecified atom stereocenters. The molecule has 4 nitrogen and oxygen atoms in total. The molecule has 3 saturated heterocycles. The minimum Gasteiger partial charge on any atom is -0.330 e. The number of rotatable bonds is 2. The van der Waals surface area contributed by atoms with Crippen molar-refractivity contribution in [3.8, 4) is 0 Å². The largest absolute Gasteiger partial charge is 0.330 e. The topological polar surface area (TPSA) is 33.1 Å². The molecule has 3 fully saturated rings. The van der Waals surface area contributed by atoms with Crippen LogP contribution in [0.15, 0.2) is 12.5 Å². The zero-order valence-electron chi connectivity index (χ0n) is 12.5. The molecule has 110 valence electrons. The molecule has 2 bridgehead atoms. The molecule has 20 heavy (non-hydrogen) atoms. The van der Waals surface area contributed by atoms with Crippen molar-refractivity contribution in [3.05, 3.63) is 18.2 Å². The first-order chi connectivity index (χ1) is 9.83. The zero-order valence-corrected chi connectivity index (χ0v) is 12.5. The lowest BCUT2D eigenvalue weighted by molar-refractivity contribution is 0.0390. The SMILES string of the molecule is CN1C2CCCC1CC(n1cncc1C1CCCN1)C2. The zero-order chi connectivity index (χ0) is 13.5. The van der Waals surface area contributed by atoms with Crippen LogP contribution in [0.1, 0.15) is 62.7 Å². The molecule has 1 aromatic rings. The Morgan fingerprint density at radius 2 is 1.90 bits per heavy atom. The number of hydrogen-bond acceptors (Lipinski definition) is 3. The van der Waals surface area contributed by atoms with Crippen LogP contribution >= 0.6 is 0 Å². The van der Waals surface area contributed by atoms with Gasteiger partial charge in [-0.2, -0.15) is 0 Å². The van der Waals surface area contributed by atoms with Crippen LogP contribution in [-0.4, -0.2) is 40.1 Å². The second-order valence-electron chi connectivity index (χ2n) is 6.90. The number of piperidine rings is 2. The van der Waals surface area contributed by atoms with Gasteiger partial charge in [-0.15, -0.1) is 0 Å². The molecular formula is C16H26N4. The Labute approximate surface area is 121 Å². The van der Waals surface area contributed by atoms with Crippen molar-refractivity contribution in [2.75, 3.05) is 13.6 Å². The lowest BCUT2D eigenvalue weighted by atomic mass is 9.82. The van der Waals surface area contributed by atoms with Crippen molar-refractivity contribution in [1.29, 1.82) is 0 Å². The number of nitrogens with one attached hydrogen (secondary N) is 1. The van der Waals surface area contributed by atoms with E-state index in [1.165, 1.54) is 50.6 Å². The molecule has 3 atom stereocenters. The maximum absolute atomic E-state index is 4.46. The van der Waals surface area contributed by atoms with Crippen molar-refractivity contribution < 1.29 is 0 Å². The van der Waals surface area contributed by atoms with Crippen LogP contribution in [0.5, 0.6) is 0 Å². The summed E-state index contributed by atoms with van der Waals surface area (Å²) in [6.45, 7) is 1.16. The van der Waals surface area contributed by atoms with Crippen molar-refractivity contribution in [1.82, 2.24) is 19.8 Å². The van der Waals surface area contributed by atoms with E-state index < -0.39 is 0 Å². The fourth-order valence-corrected chi connectivity index (χ4v) is 4.64. The van der Waals surface area contributed by atoms with Crippen molar-refractivity contribution in [3.63, 3.8) is 0 Å². The third-order valence-corrected chi connectivity index (χ3v) is 5.82. The van der Waals surface area contributed by atoms with Gasteiger partial charge in [-0.25, -0.2) is 4.98 Å². The maximum Gasteiger partial charge on any atom is 0.0951 e. The third-order valence-electron chi connectivity index (χ3n) is 5.82. The second kappa shape index (κ2) is 5.15. The van der Waals surface area contributed by atoms with Gasteiger partial charge in [-0.05, 0) is 52.1 Å². The van der Waals surface area contributed by atoms with E-state index in [4.69, 9.17) is 0 Å². The van der Waals surface area contributed by atoms with Gasteiger partial charge < -0.3 is 14.8 Å². The second-order valence-corrected chi connectivity index (χ2v) is 6.90. The van der Waals surface area contributed by atoms with E-state index in [0.29, 0.717) is 12.1 Å². The summed E-state index contributed by atoms with van der Waals surface area (Å²) in [5.74, 6) is 0. The highest BCUT2D eigenvalue weighted by atomic mass is 15.2. The van der Waals surface area contributed by atoms with Gasteiger partial charge in [-0.1, -0.05) is 6.42 Å². The number of hydrogen-bond donors (Lipinski definition) is 1. The van der Waals surface area contributed by atoms with Crippen LogP contribution in [0.2, 0.25) is 0 Å². The van der Waals surface area contributed by atoms with Crippen LogP contribution in [0.3, 0.4) is 0 Å². The summed E-state index contributed by atoms with van der Waals surface area (Å²) in [4.78, 5) is 7.11. The minimum absolute atomic E-state index is 0.539. The van der Waals surface area contributed by atoms with E-state index in [2.05, 4.69) is 39.3 Å². The fourth-order valence-electron chi connectivity index (χ4n) is 4.64. The molecular weight excluding hydrogens is 248 g/mol. The molecule has 4 heterocycles. The molecule has 0 amide bonds. The summed E-state index contributed by atoms with van der Waals surface area (Å²) in [7, 11) is 2.33. The van der Waals surface area contributed by atoms with Crippen molar-refractivity contribution in [2.45, 2.75) is 69.1 Å². The van der Waals surface area contributed by atoms with Crippen LogP contribution in [0.4, 0.5) is 0 Å². The molecule has 0 aromatic carbocycles. The molecule has 0 aliphatic carbocycles. The monoisotopic (exact) mass is 274 g/mol. The number of aromatic nitrogens is 2. The van der Waals surface area contributed by atoms with E-state index in [-0.39, 0.29) is 0 Å². The van der Waals surface area contributed by atoms with Crippen molar-refractivity contribution in [2.24, 2.45) is 0 Å². The first-order valence-electron chi connectivity index (χ1n) is 8.30. The highest BCUT2D eigenvalue weighted by Crippen LogP contribution is 2.39. The van der Waals surface area contributed by atoms with Gasteiger partial charge in [-0.3, -0.25) is 0 Å². The first kappa shape index (κ1) is 12.8. The maximum atomic E-state index is 4.46. The van der Waals surface area contributed by atoms with Gasteiger partial charge in [0.25, 0.3) is 0 Å². The average Bonchev–Trinajstić information content (AvgIpc) is 3.09. The Hall–Kier alpha value is -0.870. The molecule has 0 spiro atoms. The van der Waals surface area contributed by atoms with Gasteiger partial charge in [0, 0.05) is 30.4 Å².